The van der Waals surface area contributed by atoms with Crippen molar-refractivity contribution in [3.05, 3.63) is 11.1 Å². The lowest BCUT2D eigenvalue weighted by molar-refractivity contribution is 0.0748. The average molecular weight is 327 g/mol. The van der Waals surface area contributed by atoms with Crippen LogP contribution >= 0.6 is 11.3 Å². The Morgan fingerprint density at radius 1 is 1.36 bits per heavy atom. The number of hydrogen-bond donors (Lipinski definition) is 2. The van der Waals surface area contributed by atoms with Crippen LogP contribution in [-0.4, -0.2) is 56.7 Å². The predicted octanol–water partition coefficient (Wildman–Crippen LogP) is 1.57. The van der Waals surface area contributed by atoms with Crippen LogP contribution in [0.25, 0.3) is 0 Å². The minimum atomic E-state index is -0.273. The van der Waals surface area contributed by atoms with E-state index in [0.717, 1.165) is 31.7 Å². The molecular formula is C14H21N3O4S. The topological polar surface area (TPSA) is 81.7 Å². The van der Waals surface area contributed by atoms with Gasteiger partial charge >= 0.3 is 6.03 Å². The van der Waals surface area contributed by atoms with E-state index in [2.05, 4.69) is 15.6 Å². The summed E-state index contributed by atoms with van der Waals surface area (Å²) in [6, 6.07) is -0.398. The monoisotopic (exact) mass is 327 g/mol. The third-order valence-corrected chi connectivity index (χ3v) is 4.81. The maximum Gasteiger partial charge on any atom is 0.321 e. The molecule has 0 saturated carbocycles. The molecule has 2 aliphatic rings. The number of carbonyl (C=O) groups excluding carboxylic acids is 1. The van der Waals surface area contributed by atoms with Crippen LogP contribution in [0.2, 0.25) is 0 Å². The summed E-state index contributed by atoms with van der Waals surface area (Å²) in [5, 5.41) is 8.29. The van der Waals surface area contributed by atoms with E-state index < -0.39 is 0 Å². The number of aromatic nitrogens is 1. The minimum Gasteiger partial charge on any atom is -0.381 e. The Morgan fingerprint density at radius 2 is 2.18 bits per heavy atom. The van der Waals surface area contributed by atoms with E-state index in [1.54, 1.807) is 7.11 Å². The standard InChI is InChI=1S/C14H21N3O4S/c1-19-12-7-21-6-10(12)15-13(18)17-14-16-11(8-22-14)9-2-4-20-5-3-9/h8-10,12H,2-7H2,1H3,(H2,15,16,17,18)/t10-,12+/m0/s1. The number of amides is 2. The number of thiazole rings is 1. The lowest BCUT2D eigenvalue weighted by Crippen LogP contribution is -2.45. The summed E-state index contributed by atoms with van der Waals surface area (Å²) in [5.41, 5.74) is 1.04. The molecule has 3 heterocycles. The van der Waals surface area contributed by atoms with Crippen LogP contribution in [0.15, 0.2) is 5.38 Å². The Morgan fingerprint density at radius 3 is 2.95 bits per heavy atom. The van der Waals surface area contributed by atoms with Crippen LogP contribution in [0.1, 0.15) is 24.5 Å². The van der Waals surface area contributed by atoms with Crippen molar-refractivity contribution in [2.75, 3.05) is 38.9 Å². The minimum absolute atomic E-state index is 0.0974. The molecule has 0 aliphatic carbocycles. The quantitative estimate of drug-likeness (QED) is 0.877. The number of hydrogen-bond acceptors (Lipinski definition) is 6. The third kappa shape index (κ3) is 3.75. The zero-order valence-electron chi connectivity index (χ0n) is 12.5. The summed E-state index contributed by atoms with van der Waals surface area (Å²) in [4.78, 5) is 16.5. The molecule has 2 atom stereocenters. The molecule has 1 aromatic heterocycles. The molecule has 0 aromatic carbocycles. The fourth-order valence-corrected chi connectivity index (χ4v) is 3.51. The summed E-state index contributed by atoms with van der Waals surface area (Å²) in [6.07, 6.45) is 1.88. The van der Waals surface area contributed by atoms with Crippen LogP contribution in [0, 0.1) is 0 Å². The highest BCUT2D eigenvalue weighted by molar-refractivity contribution is 7.13. The van der Waals surface area contributed by atoms with Crippen LogP contribution in [0.4, 0.5) is 9.93 Å². The molecule has 2 amide bonds. The zero-order chi connectivity index (χ0) is 15.4. The van der Waals surface area contributed by atoms with E-state index in [-0.39, 0.29) is 18.2 Å². The van der Waals surface area contributed by atoms with Crippen molar-refractivity contribution >= 4 is 22.5 Å². The zero-order valence-corrected chi connectivity index (χ0v) is 13.4. The first kappa shape index (κ1) is 15.7. The highest BCUT2D eigenvalue weighted by Gasteiger charge is 2.29. The van der Waals surface area contributed by atoms with Gasteiger partial charge in [-0.2, -0.15) is 0 Å². The normalized spacial score (nSPS) is 26.0. The molecular weight excluding hydrogens is 306 g/mol. The molecule has 0 bridgehead atoms. The highest BCUT2D eigenvalue weighted by Crippen LogP contribution is 2.29. The number of urea groups is 1. The molecule has 122 valence electrons. The van der Waals surface area contributed by atoms with E-state index >= 15 is 0 Å². The van der Waals surface area contributed by atoms with Gasteiger partial charge in [0, 0.05) is 31.6 Å². The first-order valence-corrected chi connectivity index (χ1v) is 8.35. The third-order valence-electron chi connectivity index (χ3n) is 4.03. The van der Waals surface area contributed by atoms with Crippen molar-refractivity contribution < 1.29 is 19.0 Å². The van der Waals surface area contributed by atoms with Gasteiger partial charge < -0.3 is 19.5 Å². The van der Waals surface area contributed by atoms with E-state index in [1.807, 2.05) is 5.38 Å². The molecule has 2 N–H and O–H groups in total. The highest BCUT2D eigenvalue weighted by atomic mass is 32.1. The van der Waals surface area contributed by atoms with E-state index in [4.69, 9.17) is 14.2 Å². The number of methoxy groups -OCH3 is 1. The first-order chi connectivity index (χ1) is 10.8. The smallest absolute Gasteiger partial charge is 0.321 e. The second-order valence-corrected chi connectivity index (χ2v) is 6.34. The predicted molar refractivity (Wildman–Crippen MR) is 82.5 cm³/mol. The van der Waals surface area contributed by atoms with Crippen molar-refractivity contribution in [1.82, 2.24) is 10.3 Å². The van der Waals surface area contributed by atoms with Gasteiger partial charge in [0.05, 0.1) is 24.9 Å². The molecule has 0 spiro atoms. The molecule has 2 saturated heterocycles. The van der Waals surface area contributed by atoms with Crippen LogP contribution in [-0.2, 0) is 14.2 Å². The molecule has 0 unspecified atom stereocenters. The molecule has 0 radical (unpaired) electrons. The van der Waals surface area contributed by atoms with Gasteiger partial charge in [-0.15, -0.1) is 11.3 Å². The molecule has 2 aliphatic heterocycles. The first-order valence-electron chi connectivity index (χ1n) is 7.47. The Bertz CT molecular complexity index is 504. The van der Waals surface area contributed by atoms with E-state index in [9.17, 15) is 4.79 Å². The second-order valence-electron chi connectivity index (χ2n) is 5.48. The van der Waals surface area contributed by atoms with Gasteiger partial charge in [0.15, 0.2) is 5.13 Å². The van der Waals surface area contributed by atoms with E-state index in [0.29, 0.717) is 24.3 Å². The summed E-state index contributed by atoms with van der Waals surface area (Å²) in [5.74, 6) is 0.435. The van der Waals surface area contributed by atoms with Gasteiger partial charge in [0.2, 0.25) is 0 Å². The SMILES string of the molecule is CO[C@@H]1COC[C@@H]1NC(=O)Nc1nc(C2CCOCC2)cs1. The number of nitrogens with zero attached hydrogens (tertiary/aromatic N) is 1. The van der Waals surface area contributed by atoms with Gasteiger partial charge in [-0.1, -0.05) is 0 Å². The van der Waals surface area contributed by atoms with Gasteiger partial charge in [0.25, 0.3) is 0 Å². The Kier molecular flexibility index (Phi) is 5.24. The molecule has 3 rings (SSSR count). The number of ether oxygens (including phenoxy) is 3. The number of rotatable bonds is 4. The van der Waals surface area contributed by atoms with Crippen LogP contribution in [0.3, 0.4) is 0 Å². The molecule has 2 fully saturated rings. The van der Waals surface area contributed by atoms with Crippen molar-refractivity contribution in [3.63, 3.8) is 0 Å². The Labute approximate surface area is 133 Å². The summed E-state index contributed by atoms with van der Waals surface area (Å²) in [7, 11) is 1.62. The number of anilines is 1. The maximum absolute atomic E-state index is 12.0. The van der Waals surface area contributed by atoms with Crippen molar-refractivity contribution in [3.8, 4) is 0 Å². The Balaban J connectivity index is 1.52. The molecule has 8 heteroatoms. The van der Waals surface area contributed by atoms with Crippen LogP contribution < -0.4 is 10.6 Å². The number of nitrogens with one attached hydrogen (secondary N) is 2. The van der Waals surface area contributed by atoms with Crippen LogP contribution in [0.5, 0.6) is 0 Å². The van der Waals surface area contributed by atoms with Gasteiger partial charge in [-0.25, -0.2) is 9.78 Å². The summed E-state index contributed by atoms with van der Waals surface area (Å²) < 4.78 is 15.9. The fraction of sp³-hybridized carbons (Fsp3) is 0.714. The molecule has 1 aromatic rings. The average Bonchev–Trinajstić information content (AvgIpc) is 3.17. The van der Waals surface area contributed by atoms with Crippen molar-refractivity contribution in [2.45, 2.75) is 30.9 Å². The van der Waals surface area contributed by atoms with Crippen molar-refractivity contribution in [1.29, 1.82) is 0 Å². The lowest BCUT2D eigenvalue weighted by atomic mass is 9.98. The fourth-order valence-electron chi connectivity index (χ4n) is 2.73. The molecule has 22 heavy (non-hydrogen) atoms. The molecule has 7 nitrogen and oxygen atoms in total. The van der Waals surface area contributed by atoms with Gasteiger partial charge in [-0.05, 0) is 12.8 Å². The largest absolute Gasteiger partial charge is 0.381 e. The van der Waals surface area contributed by atoms with Gasteiger partial charge in [-0.3, -0.25) is 5.32 Å². The summed E-state index contributed by atoms with van der Waals surface area (Å²) in [6.45, 7) is 2.54. The lowest BCUT2D eigenvalue weighted by Gasteiger charge is -2.20. The Hall–Kier alpha value is -1.22. The number of carbonyl (C=O) groups is 1. The van der Waals surface area contributed by atoms with E-state index in [1.165, 1.54) is 11.3 Å². The maximum atomic E-state index is 12.0. The van der Waals surface area contributed by atoms with Crippen molar-refractivity contribution in [2.24, 2.45) is 0 Å². The summed E-state index contributed by atoms with van der Waals surface area (Å²) >= 11 is 1.45. The van der Waals surface area contributed by atoms with Gasteiger partial charge in [0.1, 0.15) is 6.10 Å². The second kappa shape index (κ2) is 7.36.